The number of halogens is 1. The van der Waals surface area contributed by atoms with E-state index in [0.717, 1.165) is 21.5 Å². The third-order valence-corrected chi connectivity index (χ3v) is 5.62. The molecular weight excluding hydrogens is 436 g/mol. The number of aromatic nitrogens is 3. The molecule has 0 aliphatic rings. The first-order valence-corrected chi connectivity index (χ1v) is 10.7. The third kappa shape index (κ3) is 4.72. The molecule has 0 N–H and O–H groups in total. The molecule has 0 unspecified atom stereocenters. The molecule has 3 aromatic rings. The predicted molar refractivity (Wildman–Crippen MR) is 119 cm³/mol. The molecular formula is C21H21BrN4OS. The lowest BCUT2D eigenvalue weighted by Gasteiger charge is -2.20. The van der Waals surface area contributed by atoms with Crippen LogP contribution >= 0.6 is 27.7 Å². The molecule has 144 valence electrons. The predicted octanol–water partition coefficient (Wildman–Crippen LogP) is 5.04. The Labute approximate surface area is 177 Å². The van der Waals surface area contributed by atoms with Crippen molar-refractivity contribution >= 4 is 39.3 Å². The van der Waals surface area contributed by atoms with Gasteiger partial charge in [0, 0.05) is 28.8 Å². The van der Waals surface area contributed by atoms with E-state index >= 15 is 0 Å². The molecule has 0 fully saturated rings. The highest BCUT2D eigenvalue weighted by atomic mass is 79.9. The van der Waals surface area contributed by atoms with Crippen molar-refractivity contribution in [2.75, 3.05) is 17.2 Å². The summed E-state index contributed by atoms with van der Waals surface area (Å²) < 4.78 is 2.99. The van der Waals surface area contributed by atoms with E-state index in [1.165, 1.54) is 11.8 Å². The van der Waals surface area contributed by atoms with Crippen molar-refractivity contribution in [2.45, 2.75) is 18.6 Å². The fourth-order valence-corrected chi connectivity index (χ4v) is 3.90. The van der Waals surface area contributed by atoms with Crippen LogP contribution in [0.2, 0.25) is 0 Å². The van der Waals surface area contributed by atoms with Gasteiger partial charge in [0.2, 0.25) is 5.91 Å². The number of carbonyl (C=O) groups excluding carboxylic acids is 1. The number of hydrogen-bond donors (Lipinski definition) is 0. The van der Waals surface area contributed by atoms with Crippen LogP contribution in [0.1, 0.15) is 6.92 Å². The van der Waals surface area contributed by atoms with Gasteiger partial charge >= 0.3 is 0 Å². The Morgan fingerprint density at radius 1 is 1.18 bits per heavy atom. The van der Waals surface area contributed by atoms with Gasteiger partial charge in [-0.15, -0.1) is 16.8 Å². The number of allylic oxidation sites excluding steroid dienone is 1. The van der Waals surface area contributed by atoms with Crippen molar-refractivity contribution in [1.29, 1.82) is 0 Å². The minimum atomic E-state index is 0.0389. The van der Waals surface area contributed by atoms with Crippen molar-refractivity contribution in [3.63, 3.8) is 0 Å². The average molecular weight is 457 g/mol. The normalized spacial score (nSPS) is 10.6. The SMILES string of the molecule is C=CCn1c(SCC(=O)N(CC)c2ccccc2)nnc1-c1ccc(Br)cc1. The van der Waals surface area contributed by atoms with Crippen LogP contribution in [0.15, 0.2) is 76.9 Å². The molecule has 0 saturated carbocycles. The lowest BCUT2D eigenvalue weighted by atomic mass is 10.2. The van der Waals surface area contributed by atoms with Gasteiger partial charge < -0.3 is 4.90 Å². The zero-order valence-corrected chi connectivity index (χ0v) is 18.0. The molecule has 0 saturated heterocycles. The molecule has 1 amide bonds. The summed E-state index contributed by atoms with van der Waals surface area (Å²) in [5.74, 6) is 1.09. The van der Waals surface area contributed by atoms with Gasteiger partial charge in [-0.25, -0.2) is 0 Å². The molecule has 1 heterocycles. The van der Waals surface area contributed by atoms with Crippen LogP contribution in [0.3, 0.4) is 0 Å². The third-order valence-electron chi connectivity index (χ3n) is 4.14. The first-order chi connectivity index (χ1) is 13.6. The standard InChI is InChI=1S/C21H21BrN4OS/c1-3-14-26-20(16-10-12-17(22)13-11-16)23-24-21(26)28-15-19(27)25(4-2)18-8-6-5-7-9-18/h3,5-13H,1,4,14-15H2,2H3. The van der Waals surface area contributed by atoms with E-state index in [9.17, 15) is 4.79 Å². The van der Waals surface area contributed by atoms with Crippen LogP contribution < -0.4 is 4.90 Å². The van der Waals surface area contributed by atoms with Crippen LogP contribution in [0.5, 0.6) is 0 Å². The zero-order chi connectivity index (χ0) is 19.9. The second-order valence-corrected chi connectivity index (χ2v) is 7.83. The largest absolute Gasteiger partial charge is 0.312 e. The molecule has 0 spiro atoms. The Balaban J connectivity index is 1.77. The van der Waals surface area contributed by atoms with Gasteiger partial charge in [0.25, 0.3) is 0 Å². The topological polar surface area (TPSA) is 51.0 Å². The van der Waals surface area contributed by atoms with Crippen molar-refractivity contribution < 1.29 is 4.79 Å². The summed E-state index contributed by atoms with van der Waals surface area (Å²) in [6, 6.07) is 17.6. The molecule has 3 rings (SSSR count). The molecule has 7 heteroatoms. The van der Waals surface area contributed by atoms with Crippen LogP contribution in [0.4, 0.5) is 5.69 Å². The summed E-state index contributed by atoms with van der Waals surface area (Å²) in [5.41, 5.74) is 1.87. The van der Waals surface area contributed by atoms with Gasteiger partial charge in [0.1, 0.15) is 0 Å². The second-order valence-electron chi connectivity index (χ2n) is 5.97. The quantitative estimate of drug-likeness (QED) is 0.351. The Morgan fingerprint density at radius 3 is 2.54 bits per heavy atom. The van der Waals surface area contributed by atoms with Gasteiger partial charge in [-0.05, 0) is 31.2 Å². The fraction of sp³-hybridized carbons (Fsp3) is 0.190. The average Bonchev–Trinajstić information content (AvgIpc) is 3.11. The minimum Gasteiger partial charge on any atom is -0.312 e. The summed E-state index contributed by atoms with van der Waals surface area (Å²) in [7, 11) is 0. The summed E-state index contributed by atoms with van der Waals surface area (Å²) in [6.07, 6.45) is 1.81. The smallest absolute Gasteiger partial charge is 0.237 e. The van der Waals surface area contributed by atoms with Crippen LogP contribution in [-0.2, 0) is 11.3 Å². The van der Waals surface area contributed by atoms with Gasteiger partial charge in [-0.1, -0.05) is 64.1 Å². The van der Waals surface area contributed by atoms with Crippen LogP contribution in [0.25, 0.3) is 11.4 Å². The minimum absolute atomic E-state index is 0.0389. The van der Waals surface area contributed by atoms with Crippen molar-refractivity contribution in [2.24, 2.45) is 0 Å². The first-order valence-electron chi connectivity index (χ1n) is 8.92. The summed E-state index contributed by atoms with van der Waals surface area (Å²) >= 11 is 4.84. The first kappa shape index (κ1) is 20.4. The molecule has 0 aliphatic heterocycles. The number of anilines is 1. The molecule has 0 atom stereocenters. The number of rotatable bonds is 8. The number of hydrogen-bond acceptors (Lipinski definition) is 4. The van der Waals surface area contributed by atoms with Gasteiger partial charge in [-0.3, -0.25) is 9.36 Å². The monoisotopic (exact) mass is 456 g/mol. The number of thioether (sulfide) groups is 1. The fourth-order valence-electron chi connectivity index (χ4n) is 2.82. The Morgan fingerprint density at radius 2 is 1.89 bits per heavy atom. The van der Waals surface area contributed by atoms with E-state index in [1.807, 2.05) is 66.1 Å². The molecule has 0 bridgehead atoms. The maximum atomic E-state index is 12.8. The highest BCUT2D eigenvalue weighted by molar-refractivity contribution is 9.10. The number of para-hydroxylation sites is 1. The summed E-state index contributed by atoms with van der Waals surface area (Å²) in [5, 5.41) is 9.35. The van der Waals surface area contributed by atoms with Gasteiger partial charge in [0.05, 0.1) is 5.75 Å². The van der Waals surface area contributed by atoms with Crippen molar-refractivity contribution in [3.8, 4) is 11.4 Å². The highest BCUT2D eigenvalue weighted by Gasteiger charge is 2.18. The van der Waals surface area contributed by atoms with E-state index in [0.29, 0.717) is 24.0 Å². The zero-order valence-electron chi connectivity index (χ0n) is 15.6. The molecule has 5 nitrogen and oxygen atoms in total. The Bertz CT molecular complexity index is 941. The molecule has 2 aromatic carbocycles. The number of amides is 1. The maximum Gasteiger partial charge on any atom is 0.237 e. The van der Waals surface area contributed by atoms with E-state index in [1.54, 1.807) is 11.0 Å². The molecule has 0 radical (unpaired) electrons. The van der Waals surface area contributed by atoms with Crippen LogP contribution in [0, 0.1) is 0 Å². The summed E-state index contributed by atoms with van der Waals surface area (Å²) in [6.45, 7) is 7.00. The Kier molecular flexibility index (Phi) is 7.06. The van der Waals surface area contributed by atoms with E-state index < -0.39 is 0 Å². The van der Waals surface area contributed by atoms with Gasteiger partial charge in [-0.2, -0.15) is 0 Å². The lowest BCUT2D eigenvalue weighted by Crippen LogP contribution is -2.32. The number of benzene rings is 2. The lowest BCUT2D eigenvalue weighted by molar-refractivity contribution is -0.116. The molecule has 0 aliphatic carbocycles. The van der Waals surface area contributed by atoms with E-state index in [-0.39, 0.29) is 5.91 Å². The maximum absolute atomic E-state index is 12.8. The van der Waals surface area contributed by atoms with Crippen molar-refractivity contribution in [3.05, 3.63) is 71.7 Å². The number of carbonyl (C=O) groups is 1. The van der Waals surface area contributed by atoms with Crippen LogP contribution in [-0.4, -0.2) is 33.0 Å². The van der Waals surface area contributed by atoms with E-state index in [4.69, 9.17) is 0 Å². The van der Waals surface area contributed by atoms with Crippen molar-refractivity contribution in [1.82, 2.24) is 14.8 Å². The summed E-state index contributed by atoms with van der Waals surface area (Å²) in [4.78, 5) is 14.5. The molecule has 28 heavy (non-hydrogen) atoms. The molecule has 1 aromatic heterocycles. The second kappa shape index (κ2) is 9.71. The van der Waals surface area contributed by atoms with Gasteiger partial charge in [0.15, 0.2) is 11.0 Å². The highest BCUT2D eigenvalue weighted by Crippen LogP contribution is 2.26. The van der Waals surface area contributed by atoms with E-state index in [2.05, 4.69) is 32.7 Å². The number of nitrogens with zero attached hydrogens (tertiary/aromatic N) is 4. The Hall–Kier alpha value is -2.38.